The molecule has 20 heavy (non-hydrogen) atoms. The summed E-state index contributed by atoms with van der Waals surface area (Å²) in [4.78, 5) is 14.3. The van der Waals surface area contributed by atoms with Crippen molar-refractivity contribution in [1.82, 2.24) is 4.90 Å². The second kappa shape index (κ2) is 6.86. The van der Waals surface area contributed by atoms with Crippen molar-refractivity contribution in [2.75, 3.05) is 20.3 Å². The van der Waals surface area contributed by atoms with Crippen LogP contribution in [0.4, 0.5) is 0 Å². The Morgan fingerprint density at radius 3 is 2.95 bits per heavy atom. The molecule has 1 aromatic rings. The normalized spacial score (nSPS) is 20.1. The maximum Gasteiger partial charge on any atom is 0.242 e. The molecule has 0 radical (unpaired) electrons. The van der Waals surface area contributed by atoms with Crippen molar-refractivity contribution in [3.63, 3.8) is 0 Å². The average molecular weight is 276 g/mol. The summed E-state index contributed by atoms with van der Waals surface area (Å²) >= 11 is 0. The zero-order valence-electron chi connectivity index (χ0n) is 12.3. The maximum absolute atomic E-state index is 12.3. The van der Waals surface area contributed by atoms with Gasteiger partial charge in [0, 0.05) is 19.7 Å². The smallest absolute Gasteiger partial charge is 0.242 e. The third kappa shape index (κ3) is 3.38. The third-order valence-electron chi connectivity index (χ3n) is 4.04. The van der Waals surface area contributed by atoms with Crippen LogP contribution in [0.2, 0.25) is 0 Å². The van der Waals surface area contributed by atoms with Gasteiger partial charge < -0.3 is 15.4 Å². The summed E-state index contributed by atoms with van der Waals surface area (Å²) < 4.78 is 4.98. The van der Waals surface area contributed by atoms with Gasteiger partial charge in [-0.1, -0.05) is 24.3 Å². The molecule has 2 N–H and O–H groups in total. The van der Waals surface area contributed by atoms with Crippen molar-refractivity contribution in [2.45, 2.75) is 38.3 Å². The first-order valence-corrected chi connectivity index (χ1v) is 7.23. The Bertz CT molecular complexity index is 462. The van der Waals surface area contributed by atoms with Crippen LogP contribution in [0, 0.1) is 6.92 Å². The largest absolute Gasteiger partial charge is 0.383 e. The van der Waals surface area contributed by atoms with Crippen molar-refractivity contribution >= 4 is 5.91 Å². The summed E-state index contributed by atoms with van der Waals surface area (Å²) in [6, 6.07) is 8.09. The van der Waals surface area contributed by atoms with E-state index in [1.54, 1.807) is 7.11 Å². The van der Waals surface area contributed by atoms with E-state index in [1.807, 2.05) is 11.0 Å². The summed E-state index contributed by atoms with van der Waals surface area (Å²) in [5.74, 6) is 0.0166. The molecular weight excluding hydrogens is 252 g/mol. The van der Waals surface area contributed by atoms with E-state index in [1.165, 1.54) is 11.1 Å². The molecule has 2 atom stereocenters. The predicted molar refractivity (Wildman–Crippen MR) is 79.5 cm³/mol. The quantitative estimate of drug-likeness (QED) is 0.886. The lowest BCUT2D eigenvalue weighted by atomic mass is 9.99. The van der Waals surface area contributed by atoms with Crippen molar-refractivity contribution in [3.05, 3.63) is 35.4 Å². The van der Waals surface area contributed by atoms with E-state index in [-0.39, 0.29) is 18.6 Å². The standard InChI is InChI=1S/C16H24N2O2/c1-12-6-3-4-7-13(12)10-14-8-5-9-18(14)16(19)15(17)11-20-2/h3-4,6-7,14-15H,5,8-11,17H2,1-2H3. The van der Waals surface area contributed by atoms with Gasteiger partial charge in [0.05, 0.1) is 6.61 Å². The van der Waals surface area contributed by atoms with Gasteiger partial charge in [0.1, 0.15) is 6.04 Å². The summed E-state index contributed by atoms with van der Waals surface area (Å²) in [6.45, 7) is 3.21. The molecule has 0 saturated carbocycles. The fraction of sp³-hybridized carbons (Fsp3) is 0.562. The number of amides is 1. The molecule has 1 heterocycles. The number of aryl methyl sites for hydroxylation is 1. The van der Waals surface area contributed by atoms with Gasteiger partial charge in [0.15, 0.2) is 0 Å². The number of nitrogens with two attached hydrogens (primary N) is 1. The van der Waals surface area contributed by atoms with E-state index < -0.39 is 6.04 Å². The van der Waals surface area contributed by atoms with Crippen molar-refractivity contribution in [1.29, 1.82) is 0 Å². The number of likely N-dealkylation sites (tertiary alicyclic amines) is 1. The average Bonchev–Trinajstić information content (AvgIpc) is 2.89. The molecule has 1 aliphatic heterocycles. The fourth-order valence-electron chi connectivity index (χ4n) is 2.89. The highest BCUT2D eigenvalue weighted by molar-refractivity contribution is 5.82. The number of hydrogen-bond donors (Lipinski definition) is 1. The van der Waals surface area contributed by atoms with E-state index in [0.29, 0.717) is 0 Å². The van der Waals surface area contributed by atoms with E-state index >= 15 is 0 Å². The molecular formula is C16H24N2O2. The van der Waals surface area contributed by atoms with Crippen molar-refractivity contribution < 1.29 is 9.53 Å². The minimum atomic E-state index is -0.544. The van der Waals surface area contributed by atoms with Crippen LogP contribution in [-0.4, -0.2) is 43.2 Å². The highest BCUT2D eigenvalue weighted by Crippen LogP contribution is 2.23. The molecule has 0 aromatic heterocycles. The van der Waals surface area contributed by atoms with Crippen LogP contribution < -0.4 is 5.73 Å². The van der Waals surface area contributed by atoms with E-state index in [2.05, 4.69) is 25.1 Å². The van der Waals surface area contributed by atoms with E-state index in [4.69, 9.17) is 10.5 Å². The van der Waals surface area contributed by atoms with Crippen LogP contribution in [-0.2, 0) is 16.0 Å². The fourth-order valence-corrected chi connectivity index (χ4v) is 2.89. The summed E-state index contributed by atoms with van der Waals surface area (Å²) in [6.07, 6.45) is 3.03. The van der Waals surface area contributed by atoms with Crippen LogP contribution in [0.3, 0.4) is 0 Å². The molecule has 1 fully saturated rings. The number of rotatable bonds is 5. The van der Waals surface area contributed by atoms with Gasteiger partial charge >= 0.3 is 0 Å². The number of nitrogens with zero attached hydrogens (tertiary/aromatic N) is 1. The molecule has 1 amide bonds. The first-order chi connectivity index (χ1) is 9.63. The first-order valence-electron chi connectivity index (χ1n) is 7.23. The Morgan fingerprint density at radius 1 is 1.50 bits per heavy atom. The maximum atomic E-state index is 12.3. The Hall–Kier alpha value is -1.39. The molecule has 1 aliphatic rings. The van der Waals surface area contributed by atoms with Crippen LogP contribution in [0.25, 0.3) is 0 Å². The highest BCUT2D eigenvalue weighted by Gasteiger charge is 2.31. The number of methoxy groups -OCH3 is 1. The molecule has 2 rings (SSSR count). The van der Waals surface area contributed by atoms with E-state index in [0.717, 1.165) is 25.8 Å². The van der Waals surface area contributed by atoms with Gasteiger partial charge in [-0.05, 0) is 37.3 Å². The summed E-state index contributed by atoms with van der Waals surface area (Å²) in [7, 11) is 1.57. The number of ether oxygens (including phenoxy) is 1. The lowest BCUT2D eigenvalue weighted by Crippen LogP contribution is -2.48. The van der Waals surface area contributed by atoms with E-state index in [9.17, 15) is 4.79 Å². The molecule has 1 saturated heterocycles. The minimum Gasteiger partial charge on any atom is -0.383 e. The first kappa shape index (κ1) is 15.0. The van der Waals surface area contributed by atoms with Crippen LogP contribution in [0.1, 0.15) is 24.0 Å². The number of hydrogen-bond acceptors (Lipinski definition) is 3. The van der Waals surface area contributed by atoms with Crippen LogP contribution >= 0.6 is 0 Å². The van der Waals surface area contributed by atoms with Gasteiger partial charge in [-0.15, -0.1) is 0 Å². The minimum absolute atomic E-state index is 0.0166. The molecule has 1 aromatic carbocycles. The zero-order chi connectivity index (χ0) is 14.5. The Morgan fingerprint density at radius 2 is 2.25 bits per heavy atom. The van der Waals surface area contributed by atoms with Gasteiger partial charge in [-0.3, -0.25) is 4.79 Å². The Balaban J connectivity index is 2.04. The number of benzene rings is 1. The third-order valence-corrected chi connectivity index (χ3v) is 4.04. The molecule has 0 bridgehead atoms. The van der Waals surface area contributed by atoms with Gasteiger partial charge in [-0.25, -0.2) is 0 Å². The van der Waals surface area contributed by atoms with Gasteiger partial charge in [0.25, 0.3) is 0 Å². The van der Waals surface area contributed by atoms with Crippen molar-refractivity contribution in [2.24, 2.45) is 5.73 Å². The Kier molecular flexibility index (Phi) is 5.15. The van der Waals surface area contributed by atoms with Crippen LogP contribution in [0.5, 0.6) is 0 Å². The lowest BCUT2D eigenvalue weighted by Gasteiger charge is -2.27. The molecule has 4 heteroatoms. The second-order valence-corrected chi connectivity index (χ2v) is 5.52. The molecule has 0 aliphatic carbocycles. The summed E-state index contributed by atoms with van der Waals surface area (Å²) in [5, 5.41) is 0. The predicted octanol–water partition coefficient (Wildman–Crippen LogP) is 1.50. The molecule has 4 nitrogen and oxygen atoms in total. The summed E-state index contributed by atoms with van der Waals surface area (Å²) in [5.41, 5.74) is 8.48. The highest BCUT2D eigenvalue weighted by atomic mass is 16.5. The molecule has 0 spiro atoms. The topological polar surface area (TPSA) is 55.6 Å². The molecule has 110 valence electrons. The monoisotopic (exact) mass is 276 g/mol. The lowest BCUT2D eigenvalue weighted by molar-refractivity contribution is -0.134. The Labute approximate surface area is 120 Å². The number of carbonyl (C=O) groups is 1. The van der Waals surface area contributed by atoms with Gasteiger partial charge in [0.2, 0.25) is 5.91 Å². The zero-order valence-corrected chi connectivity index (χ0v) is 12.3. The SMILES string of the molecule is COCC(N)C(=O)N1CCCC1Cc1ccccc1C. The second-order valence-electron chi connectivity index (χ2n) is 5.52. The molecule has 2 unspecified atom stereocenters. The van der Waals surface area contributed by atoms with Crippen LogP contribution in [0.15, 0.2) is 24.3 Å². The number of carbonyl (C=O) groups excluding carboxylic acids is 1. The van der Waals surface area contributed by atoms with Gasteiger partial charge in [-0.2, -0.15) is 0 Å². The van der Waals surface area contributed by atoms with Crippen molar-refractivity contribution in [3.8, 4) is 0 Å².